The zero-order valence-corrected chi connectivity index (χ0v) is 9.08. The van der Waals surface area contributed by atoms with Crippen molar-refractivity contribution >= 4 is 0 Å². The molecule has 1 rings (SSSR count). The molecule has 2 heteroatoms. The van der Waals surface area contributed by atoms with Crippen LogP contribution in [0.25, 0.3) is 0 Å². The molecular formula is C12H18O2. The molecule has 0 spiro atoms. The Morgan fingerprint density at radius 3 is 2.71 bits per heavy atom. The van der Waals surface area contributed by atoms with Crippen LogP contribution in [0.1, 0.15) is 24.5 Å². The van der Waals surface area contributed by atoms with Crippen LogP contribution in [0.15, 0.2) is 18.2 Å². The summed E-state index contributed by atoms with van der Waals surface area (Å²) in [6.07, 6.45) is 1.39. The summed E-state index contributed by atoms with van der Waals surface area (Å²) in [7, 11) is 1.68. The van der Waals surface area contributed by atoms with E-state index in [1.54, 1.807) is 7.11 Å². The van der Waals surface area contributed by atoms with Crippen LogP contribution in [0.3, 0.4) is 0 Å². The zero-order chi connectivity index (χ0) is 10.6. The molecule has 0 aliphatic heterocycles. The lowest BCUT2D eigenvalue weighted by Crippen LogP contribution is -2.02. The van der Waals surface area contributed by atoms with Crippen LogP contribution in [-0.2, 0) is 6.42 Å². The number of rotatable bonds is 4. The fourth-order valence-corrected chi connectivity index (χ4v) is 1.47. The molecule has 1 aromatic rings. The molecule has 0 aromatic heterocycles. The van der Waals surface area contributed by atoms with E-state index in [1.165, 1.54) is 11.1 Å². The number of aliphatic hydroxyl groups excluding tert-OH is 1. The molecule has 1 atom stereocenters. The van der Waals surface area contributed by atoms with Gasteiger partial charge in [0.2, 0.25) is 0 Å². The summed E-state index contributed by atoms with van der Waals surface area (Å²) in [5, 5.41) is 9.21. The molecule has 0 aliphatic rings. The molecule has 78 valence electrons. The van der Waals surface area contributed by atoms with Gasteiger partial charge in [0.05, 0.1) is 13.2 Å². The highest BCUT2D eigenvalue weighted by molar-refractivity contribution is 5.36. The number of hydrogen-bond acceptors (Lipinski definition) is 2. The third-order valence-electron chi connectivity index (χ3n) is 2.27. The Kier molecular flexibility index (Phi) is 3.96. The largest absolute Gasteiger partial charge is 0.496 e. The summed E-state index contributed by atoms with van der Waals surface area (Å²) in [4.78, 5) is 0. The van der Waals surface area contributed by atoms with Crippen molar-refractivity contribution in [1.82, 2.24) is 0 Å². The Morgan fingerprint density at radius 2 is 2.14 bits per heavy atom. The summed E-state index contributed by atoms with van der Waals surface area (Å²) in [6.45, 7) is 3.87. The molecule has 0 fully saturated rings. The smallest absolute Gasteiger partial charge is 0.122 e. The van der Waals surface area contributed by atoms with E-state index in [0.29, 0.717) is 0 Å². The van der Waals surface area contributed by atoms with Crippen molar-refractivity contribution in [3.63, 3.8) is 0 Å². The van der Waals surface area contributed by atoms with Gasteiger partial charge < -0.3 is 9.84 Å². The van der Waals surface area contributed by atoms with Crippen molar-refractivity contribution in [1.29, 1.82) is 0 Å². The normalized spacial score (nSPS) is 12.6. The molecule has 0 aliphatic carbocycles. The van der Waals surface area contributed by atoms with Crippen molar-refractivity contribution < 1.29 is 9.84 Å². The fraction of sp³-hybridized carbons (Fsp3) is 0.500. The predicted octanol–water partition coefficient (Wildman–Crippen LogP) is 2.32. The number of methoxy groups -OCH3 is 1. The molecule has 2 nitrogen and oxygen atoms in total. The van der Waals surface area contributed by atoms with Gasteiger partial charge >= 0.3 is 0 Å². The Morgan fingerprint density at radius 1 is 1.43 bits per heavy atom. The van der Waals surface area contributed by atoms with E-state index in [2.05, 4.69) is 13.0 Å². The predicted molar refractivity (Wildman–Crippen MR) is 57.7 cm³/mol. The van der Waals surface area contributed by atoms with Crippen LogP contribution in [0, 0.1) is 6.92 Å². The highest BCUT2D eigenvalue weighted by Gasteiger charge is 2.04. The quantitative estimate of drug-likeness (QED) is 0.797. The second-order valence-electron chi connectivity index (χ2n) is 3.70. The summed E-state index contributed by atoms with van der Waals surface area (Å²) in [6, 6.07) is 6.12. The maximum Gasteiger partial charge on any atom is 0.122 e. The average Bonchev–Trinajstić information content (AvgIpc) is 2.15. The van der Waals surface area contributed by atoms with Gasteiger partial charge in [-0.3, -0.25) is 0 Å². The van der Waals surface area contributed by atoms with Gasteiger partial charge in [-0.2, -0.15) is 0 Å². The van der Waals surface area contributed by atoms with Crippen molar-refractivity contribution in [2.45, 2.75) is 32.8 Å². The minimum atomic E-state index is -0.250. The van der Waals surface area contributed by atoms with E-state index in [4.69, 9.17) is 4.74 Å². The first-order valence-corrected chi connectivity index (χ1v) is 4.95. The van der Waals surface area contributed by atoms with Crippen LogP contribution in [0.5, 0.6) is 5.75 Å². The molecule has 1 N–H and O–H groups in total. The molecule has 0 heterocycles. The van der Waals surface area contributed by atoms with Gasteiger partial charge in [0.15, 0.2) is 0 Å². The average molecular weight is 194 g/mol. The van der Waals surface area contributed by atoms with Gasteiger partial charge in [-0.15, -0.1) is 0 Å². The lowest BCUT2D eigenvalue weighted by atomic mass is 10.0. The lowest BCUT2D eigenvalue weighted by Gasteiger charge is -2.10. The molecule has 14 heavy (non-hydrogen) atoms. The molecule has 0 saturated carbocycles. The van der Waals surface area contributed by atoms with Crippen molar-refractivity contribution in [2.75, 3.05) is 7.11 Å². The third kappa shape index (κ3) is 3.04. The highest BCUT2D eigenvalue weighted by Crippen LogP contribution is 2.21. The molecule has 0 radical (unpaired) electrons. The summed E-state index contributed by atoms with van der Waals surface area (Å²) in [5.41, 5.74) is 2.40. The van der Waals surface area contributed by atoms with Crippen LogP contribution in [0.4, 0.5) is 0 Å². The van der Waals surface area contributed by atoms with Gasteiger partial charge in [0.1, 0.15) is 5.75 Å². The standard InChI is InChI=1S/C12H18O2/c1-9-4-7-12(14-3)11(8-9)6-5-10(2)13/h4,7-8,10,13H,5-6H2,1-3H3/t10-/m0/s1. The first kappa shape index (κ1) is 11.1. The van der Waals surface area contributed by atoms with E-state index in [9.17, 15) is 5.11 Å². The number of benzene rings is 1. The summed E-state index contributed by atoms with van der Waals surface area (Å²) in [5.74, 6) is 0.913. The van der Waals surface area contributed by atoms with E-state index < -0.39 is 0 Å². The molecule has 0 bridgehead atoms. The van der Waals surface area contributed by atoms with E-state index in [0.717, 1.165) is 18.6 Å². The van der Waals surface area contributed by atoms with Crippen LogP contribution < -0.4 is 4.74 Å². The van der Waals surface area contributed by atoms with E-state index >= 15 is 0 Å². The number of aryl methyl sites for hydroxylation is 2. The maximum atomic E-state index is 9.21. The monoisotopic (exact) mass is 194 g/mol. The highest BCUT2D eigenvalue weighted by atomic mass is 16.5. The second kappa shape index (κ2) is 5.01. The Labute approximate surface area is 85.5 Å². The van der Waals surface area contributed by atoms with Crippen LogP contribution in [-0.4, -0.2) is 18.3 Å². The van der Waals surface area contributed by atoms with Crippen molar-refractivity contribution in [3.8, 4) is 5.75 Å². The van der Waals surface area contributed by atoms with Gasteiger partial charge in [-0.25, -0.2) is 0 Å². The zero-order valence-electron chi connectivity index (χ0n) is 9.08. The van der Waals surface area contributed by atoms with Gasteiger partial charge in [0.25, 0.3) is 0 Å². The first-order valence-electron chi connectivity index (χ1n) is 4.95. The Hall–Kier alpha value is -1.02. The van der Waals surface area contributed by atoms with Crippen molar-refractivity contribution in [3.05, 3.63) is 29.3 Å². The third-order valence-corrected chi connectivity index (χ3v) is 2.27. The second-order valence-corrected chi connectivity index (χ2v) is 3.70. The van der Waals surface area contributed by atoms with Crippen LogP contribution in [0.2, 0.25) is 0 Å². The maximum absolute atomic E-state index is 9.21. The van der Waals surface area contributed by atoms with E-state index in [1.807, 2.05) is 19.1 Å². The summed E-state index contributed by atoms with van der Waals surface area (Å²) < 4.78 is 5.25. The first-order chi connectivity index (χ1) is 6.63. The minimum Gasteiger partial charge on any atom is -0.496 e. The number of ether oxygens (including phenoxy) is 1. The fourth-order valence-electron chi connectivity index (χ4n) is 1.47. The minimum absolute atomic E-state index is 0.250. The molecule has 0 amide bonds. The van der Waals surface area contributed by atoms with Gasteiger partial charge in [0, 0.05) is 0 Å². The van der Waals surface area contributed by atoms with Crippen molar-refractivity contribution in [2.24, 2.45) is 0 Å². The Bertz CT molecular complexity index is 292. The van der Waals surface area contributed by atoms with E-state index in [-0.39, 0.29) is 6.10 Å². The van der Waals surface area contributed by atoms with Gasteiger partial charge in [-0.1, -0.05) is 17.7 Å². The molecule has 0 saturated heterocycles. The summed E-state index contributed by atoms with van der Waals surface area (Å²) >= 11 is 0. The Balaban J connectivity index is 2.77. The SMILES string of the molecule is COc1ccc(C)cc1CC[C@H](C)O. The number of hydrogen-bond donors (Lipinski definition) is 1. The van der Waals surface area contributed by atoms with Gasteiger partial charge in [-0.05, 0) is 38.3 Å². The van der Waals surface area contributed by atoms with Crippen LogP contribution >= 0.6 is 0 Å². The molecule has 1 aromatic carbocycles. The number of aliphatic hydroxyl groups is 1. The topological polar surface area (TPSA) is 29.5 Å². The lowest BCUT2D eigenvalue weighted by molar-refractivity contribution is 0.184. The molecular weight excluding hydrogens is 176 g/mol. The molecule has 0 unspecified atom stereocenters.